The van der Waals surface area contributed by atoms with Crippen molar-refractivity contribution in [3.8, 4) is 0 Å². The number of benzene rings is 2. The van der Waals surface area contributed by atoms with E-state index in [0.717, 1.165) is 26.9 Å². The number of hydrogen-bond acceptors (Lipinski definition) is 3. The molecule has 90 valence electrons. The summed E-state index contributed by atoms with van der Waals surface area (Å²) in [4.78, 5) is 0. The molecule has 0 aliphatic carbocycles. The first-order valence-corrected chi connectivity index (χ1v) is 6.04. The molecule has 4 nitrogen and oxygen atoms in total. The lowest BCUT2D eigenvalue weighted by Crippen LogP contribution is -1.91. The van der Waals surface area contributed by atoms with E-state index in [1.54, 1.807) is 12.1 Å². The summed E-state index contributed by atoms with van der Waals surface area (Å²) in [6.07, 6.45) is 0. The average Bonchev–Trinajstić information content (AvgIpc) is 2.79. The number of H-pyrrole nitrogens is 1. The van der Waals surface area contributed by atoms with Gasteiger partial charge in [-0.3, -0.25) is 0 Å². The highest BCUT2D eigenvalue weighted by Crippen LogP contribution is 2.29. The summed E-state index contributed by atoms with van der Waals surface area (Å²) in [5.41, 5.74) is 3.21. The number of rotatable bonds is 2. The fraction of sp³-hybridized carbons (Fsp3) is 0. The number of hydrogen-bond donors (Lipinski definition) is 2. The van der Waals surface area contributed by atoms with Crippen molar-refractivity contribution in [1.82, 2.24) is 15.4 Å². The highest BCUT2D eigenvalue weighted by atomic mass is 79.9. The first kappa shape index (κ1) is 11.2. The molecule has 0 bridgehead atoms. The Hall–Kier alpha value is -1.95. The summed E-state index contributed by atoms with van der Waals surface area (Å²) in [6.45, 7) is 0. The first-order valence-electron chi connectivity index (χ1n) is 5.25. The predicted molar refractivity (Wildman–Crippen MR) is 71.3 cm³/mol. The van der Waals surface area contributed by atoms with Crippen LogP contribution in [0.4, 0.5) is 15.8 Å². The van der Waals surface area contributed by atoms with Crippen LogP contribution in [0.5, 0.6) is 0 Å². The van der Waals surface area contributed by atoms with Crippen LogP contribution in [0.1, 0.15) is 0 Å². The van der Waals surface area contributed by atoms with Crippen LogP contribution in [-0.4, -0.2) is 15.4 Å². The van der Waals surface area contributed by atoms with Gasteiger partial charge in [0.1, 0.15) is 16.9 Å². The van der Waals surface area contributed by atoms with Crippen molar-refractivity contribution in [3.63, 3.8) is 0 Å². The van der Waals surface area contributed by atoms with E-state index in [-0.39, 0.29) is 5.82 Å². The zero-order valence-corrected chi connectivity index (χ0v) is 10.7. The molecule has 18 heavy (non-hydrogen) atoms. The van der Waals surface area contributed by atoms with Crippen LogP contribution >= 0.6 is 15.9 Å². The Balaban J connectivity index is 1.98. The van der Waals surface area contributed by atoms with Crippen molar-refractivity contribution < 1.29 is 4.39 Å². The molecule has 0 amide bonds. The van der Waals surface area contributed by atoms with E-state index < -0.39 is 0 Å². The molecule has 3 rings (SSSR count). The summed E-state index contributed by atoms with van der Waals surface area (Å²) < 4.78 is 13.7. The number of nitrogens with one attached hydrogen (secondary N) is 2. The lowest BCUT2D eigenvalue weighted by molar-refractivity contribution is 0.628. The normalized spacial score (nSPS) is 10.8. The average molecular weight is 307 g/mol. The molecule has 0 unspecified atom stereocenters. The van der Waals surface area contributed by atoms with Gasteiger partial charge < -0.3 is 5.32 Å². The minimum atomic E-state index is -0.258. The molecule has 0 atom stereocenters. The van der Waals surface area contributed by atoms with E-state index in [2.05, 4.69) is 36.7 Å². The minimum Gasteiger partial charge on any atom is -0.355 e. The topological polar surface area (TPSA) is 53.6 Å². The molecule has 3 aromatic rings. The molecule has 0 saturated heterocycles. The van der Waals surface area contributed by atoms with Gasteiger partial charge in [0.15, 0.2) is 0 Å². The van der Waals surface area contributed by atoms with E-state index >= 15 is 0 Å². The van der Waals surface area contributed by atoms with Gasteiger partial charge in [-0.2, -0.15) is 15.4 Å². The minimum absolute atomic E-state index is 0.258. The number of anilines is 2. The highest BCUT2D eigenvalue weighted by Gasteiger charge is 2.06. The Morgan fingerprint density at radius 1 is 1.06 bits per heavy atom. The Kier molecular flexibility index (Phi) is 2.71. The van der Waals surface area contributed by atoms with Gasteiger partial charge in [-0.15, -0.1) is 0 Å². The van der Waals surface area contributed by atoms with E-state index in [9.17, 15) is 4.39 Å². The molecular weight excluding hydrogens is 299 g/mol. The van der Waals surface area contributed by atoms with Crippen molar-refractivity contribution >= 4 is 38.3 Å². The van der Waals surface area contributed by atoms with Crippen molar-refractivity contribution in [2.45, 2.75) is 0 Å². The lowest BCUT2D eigenvalue weighted by atomic mass is 10.2. The second-order valence-corrected chi connectivity index (χ2v) is 4.63. The van der Waals surface area contributed by atoms with E-state index in [1.165, 1.54) is 12.1 Å². The van der Waals surface area contributed by atoms with Crippen molar-refractivity contribution in [2.24, 2.45) is 0 Å². The predicted octanol–water partition coefficient (Wildman–Crippen LogP) is 3.60. The molecular formula is C12H8BrFN4. The third kappa shape index (κ3) is 2.06. The zero-order valence-electron chi connectivity index (χ0n) is 9.11. The maximum Gasteiger partial charge on any atom is 0.123 e. The molecule has 0 spiro atoms. The summed E-state index contributed by atoms with van der Waals surface area (Å²) >= 11 is 3.46. The van der Waals surface area contributed by atoms with Crippen LogP contribution in [0, 0.1) is 5.82 Å². The van der Waals surface area contributed by atoms with Gasteiger partial charge in [-0.05, 0) is 52.3 Å². The van der Waals surface area contributed by atoms with Gasteiger partial charge in [-0.1, -0.05) is 0 Å². The van der Waals surface area contributed by atoms with Crippen LogP contribution in [0.15, 0.2) is 40.9 Å². The second-order valence-electron chi connectivity index (χ2n) is 3.78. The molecule has 2 N–H and O–H groups in total. The molecule has 1 heterocycles. The maximum absolute atomic E-state index is 12.8. The molecule has 2 aromatic carbocycles. The zero-order chi connectivity index (χ0) is 12.5. The first-order chi connectivity index (χ1) is 8.72. The molecule has 0 fully saturated rings. The fourth-order valence-electron chi connectivity index (χ4n) is 1.65. The number of halogens is 2. The number of nitrogens with zero attached hydrogens (tertiary/aromatic N) is 2. The Morgan fingerprint density at radius 3 is 2.44 bits per heavy atom. The summed E-state index contributed by atoms with van der Waals surface area (Å²) in [6, 6.07) is 9.90. The van der Waals surface area contributed by atoms with Crippen LogP contribution in [0.3, 0.4) is 0 Å². The lowest BCUT2D eigenvalue weighted by Gasteiger charge is -2.08. The third-order valence-corrected chi connectivity index (χ3v) is 3.18. The van der Waals surface area contributed by atoms with Crippen molar-refractivity contribution in [3.05, 3.63) is 46.7 Å². The van der Waals surface area contributed by atoms with Crippen molar-refractivity contribution in [2.75, 3.05) is 5.32 Å². The standard InChI is InChI=1S/C12H8BrFN4/c13-9-5-11-12(17-18-16-11)6-10(9)15-8-3-1-7(14)2-4-8/h1-6,15H,(H,16,17,18). The van der Waals surface area contributed by atoms with Gasteiger partial charge in [0.05, 0.1) is 5.69 Å². The summed E-state index contributed by atoms with van der Waals surface area (Å²) in [7, 11) is 0. The Bertz CT molecular complexity index is 693. The molecule has 0 saturated carbocycles. The second kappa shape index (κ2) is 4.38. The Labute approximate surface area is 110 Å². The van der Waals surface area contributed by atoms with Crippen LogP contribution in [0.2, 0.25) is 0 Å². The number of aromatic amines is 1. The summed E-state index contributed by atoms with van der Waals surface area (Å²) in [5, 5.41) is 13.8. The van der Waals surface area contributed by atoms with Gasteiger partial charge in [0, 0.05) is 10.2 Å². The quantitative estimate of drug-likeness (QED) is 0.760. The van der Waals surface area contributed by atoms with Crippen molar-refractivity contribution in [1.29, 1.82) is 0 Å². The largest absolute Gasteiger partial charge is 0.355 e. The fourth-order valence-corrected chi connectivity index (χ4v) is 2.08. The number of aromatic nitrogens is 3. The maximum atomic E-state index is 12.8. The Morgan fingerprint density at radius 2 is 1.72 bits per heavy atom. The van der Waals surface area contributed by atoms with Gasteiger partial charge in [0.2, 0.25) is 0 Å². The van der Waals surface area contributed by atoms with E-state index in [4.69, 9.17) is 0 Å². The molecule has 6 heteroatoms. The van der Waals surface area contributed by atoms with Gasteiger partial charge >= 0.3 is 0 Å². The molecule has 0 radical (unpaired) electrons. The smallest absolute Gasteiger partial charge is 0.123 e. The van der Waals surface area contributed by atoms with E-state index in [1.807, 2.05) is 12.1 Å². The van der Waals surface area contributed by atoms with Crippen LogP contribution in [0.25, 0.3) is 11.0 Å². The molecule has 1 aromatic heterocycles. The van der Waals surface area contributed by atoms with Gasteiger partial charge in [0.25, 0.3) is 0 Å². The van der Waals surface area contributed by atoms with Gasteiger partial charge in [-0.25, -0.2) is 4.39 Å². The SMILES string of the molecule is Fc1ccc(Nc2cc3n[nH]nc3cc2Br)cc1. The summed E-state index contributed by atoms with van der Waals surface area (Å²) in [5.74, 6) is -0.258. The van der Waals surface area contributed by atoms with E-state index in [0.29, 0.717) is 0 Å². The molecule has 0 aliphatic heterocycles. The van der Waals surface area contributed by atoms with Crippen LogP contribution < -0.4 is 5.32 Å². The monoisotopic (exact) mass is 306 g/mol. The highest BCUT2D eigenvalue weighted by molar-refractivity contribution is 9.10. The van der Waals surface area contributed by atoms with Crippen LogP contribution in [-0.2, 0) is 0 Å². The number of fused-ring (bicyclic) bond motifs is 1. The molecule has 0 aliphatic rings. The third-order valence-electron chi connectivity index (χ3n) is 2.53.